The van der Waals surface area contributed by atoms with E-state index in [0.29, 0.717) is 44.8 Å². The lowest BCUT2D eigenvalue weighted by Crippen LogP contribution is -2.30. The second-order valence-electron chi connectivity index (χ2n) is 6.74. The van der Waals surface area contributed by atoms with Crippen molar-refractivity contribution in [1.82, 2.24) is 5.32 Å². The zero-order valence-electron chi connectivity index (χ0n) is 16.8. The average molecular weight is 453 g/mol. The molecule has 1 heterocycles. The van der Waals surface area contributed by atoms with Gasteiger partial charge in [0.25, 0.3) is 15.9 Å². The maximum Gasteiger partial charge on any atom is 0.264 e. The van der Waals surface area contributed by atoms with Crippen molar-refractivity contribution in [1.29, 1.82) is 0 Å². The topological polar surface area (TPSA) is 84.9 Å². The molecule has 1 aliphatic heterocycles. The lowest BCUT2D eigenvalue weighted by atomic mass is 10.2. The van der Waals surface area contributed by atoms with E-state index in [4.69, 9.17) is 21.1 Å². The van der Waals surface area contributed by atoms with E-state index >= 15 is 0 Å². The third-order valence-electron chi connectivity index (χ3n) is 4.69. The van der Waals surface area contributed by atoms with Crippen LogP contribution in [0.15, 0.2) is 47.4 Å². The van der Waals surface area contributed by atoms with Gasteiger partial charge in [0, 0.05) is 26.3 Å². The van der Waals surface area contributed by atoms with Gasteiger partial charge in [-0.1, -0.05) is 29.8 Å². The SMILES string of the molecule is CCOCCCNC(=O)COc1ccc(S(=O)(=O)N2CCc3ccccc32)cc1Cl. The number of nitrogens with zero attached hydrogens (tertiary/aromatic N) is 1. The number of benzene rings is 2. The second-order valence-corrected chi connectivity index (χ2v) is 9.01. The summed E-state index contributed by atoms with van der Waals surface area (Å²) in [5, 5.41) is 2.86. The molecule has 0 atom stereocenters. The minimum atomic E-state index is -3.74. The zero-order valence-corrected chi connectivity index (χ0v) is 18.3. The summed E-state index contributed by atoms with van der Waals surface area (Å²) in [6.07, 6.45) is 1.39. The molecule has 0 spiro atoms. The molecule has 1 aliphatic rings. The Labute approximate surface area is 182 Å². The Hall–Kier alpha value is -2.29. The predicted octanol–water partition coefficient (Wildman–Crippen LogP) is 3.01. The molecular formula is C21H25ClN2O5S. The van der Waals surface area contributed by atoms with E-state index in [2.05, 4.69) is 5.32 Å². The predicted molar refractivity (Wildman–Crippen MR) is 116 cm³/mol. The number of carbonyl (C=O) groups is 1. The van der Waals surface area contributed by atoms with Gasteiger partial charge < -0.3 is 14.8 Å². The number of rotatable bonds is 10. The van der Waals surface area contributed by atoms with Crippen LogP contribution in [0.4, 0.5) is 5.69 Å². The Morgan fingerprint density at radius 1 is 1.23 bits per heavy atom. The molecule has 7 nitrogen and oxygen atoms in total. The molecule has 0 bridgehead atoms. The van der Waals surface area contributed by atoms with Crippen molar-refractivity contribution in [3.8, 4) is 5.75 Å². The fourth-order valence-corrected chi connectivity index (χ4v) is 5.01. The molecule has 0 radical (unpaired) electrons. The zero-order chi connectivity index (χ0) is 21.6. The number of hydrogen-bond acceptors (Lipinski definition) is 5. The smallest absolute Gasteiger partial charge is 0.264 e. The van der Waals surface area contributed by atoms with Gasteiger partial charge in [-0.15, -0.1) is 0 Å². The van der Waals surface area contributed by atoms with E-state index in [0.717, 1.165) is 5.56 Å². The number of fused-ring (bicyclic) bond motifs is 1. The average Bonchev–Trinajstić information content (AvgIpc) is 3.17. The van der Waals surface area contributed by atoms with Gasteiger partial charge in [-0.3, -0.25) is 9.10 Å². The van der Waals surface area contributed by atoms with Crippen molar-refractivity contribution in [2.24, 2.45) is 0 Å². The molecule has 0 saturated carbocycles. The van der Waals surface area contributed by atoms with E-state index in [1.165, 1.54) is 22.5 Å². The number of halogens is 1. The van der Waals surface area contributed by atoms with Gasteiger partial charge in [0.1, 0.15) is 5.75 Å². The quantitative estimate of drug-likeness (QED) is 0.560. The van der Waals surface area contributed by atoms with Gasteiger partial charge in [-0.05, 0) is 49.6 Å². The van der Waals surface area contributed by atoms with Gasteiger partial charge in [0.05, 0.1) is 15.6 Å². The number of nitrogens with one attached hydrogen (secondary N) is 1. The van der Waals surface area contributed by atoms with Crippen LogP contribution in [0.25, 0.3) is 0 Å². The second kappa shape index (κ2) is 10.1. The van der Waals surface area contributed by atoms with Gasteiger partial charge in [-0.2, -0.15) is 0 Å². The molecule has 162 valence electrons. The Kier molecular flexibility index (Phi) is 7.58. The molecule has 0 fully saturated rings. The van der Waals surface area contributed by atoms with E-state index in [1.54, 1.807) is 6.07 Å². The molecule has 0 saturated heterocycles. The summed E-state index contributed by atoms with van der Waals surface area (Å²) in [5.74, 6) is -0.0326. The summed E-state index contributed by atoms with van der Waals surface area (Å²) in [6.45, 7) is 3.81. The summed E-state index contributed by atoms with van der Waals surface area (Å²) in [5.41, 5.74) is 1.69. The van der Waals surface area contributed by atoms with Gasteiger partial charge in [-0.25, -0.2) is 8.42 Å². The fourth-order valence-electron chi connectivity index (χ4n) is 3.18. The highest BCUT2D eigenvalue weighted by atomic mass is 35.5. The number of para-hydroxylation sites is 1. The molecule has 0 unspecified atom stereocenters. The van der Waals surface area contributed by atoms with Crippen molar-refractivity contribution in [3.63, 3.8) is 0 Å². The van der Waals surface area contributed by atoms with Crippen LogP contribution in [-0.2, 0) is 26.0 Å². The number of anilines is 1. The van der Waals surface area contributed by atoms with Crippen LogP contribution in [0.2, 0.25) is 5.02 Å². The Bertz CT molecular complexity index is 997. The largest absolute Gasteiger partial charge is 0.482 e. The number of amides is 1. The molecule has 0 aliphatic carbocycles. The number of carbonyl (C=O) groups excluding carboxylic acids is 1. The third kappa shape index (κ3) is 5.24. The maximum atomic E-state index is 13.1. The number of hydrogen-bond donors (Lipinski definition) is 1. The molecular weight excluding hydrogens is 428 g/mol. The van der Waals surface area contributed by atoms with Crippen LogP contribution in [0.1, 0.15) is 18.9 Å². The highest BCUT2D eigenvalue weighted by Gasteiger charge is 2.31. The normalized spacial score (nSPS) is 13.2. The van der Waals surface area contributed by atoms with Crippen LogP contribution in [0, 0.1) is 0 Å². The Morgan fingerprint density at radius 3 is 2.80 bits per heavy atom. The summed E-state index contributed by atoms with van der Waals surface area (Å²) in [4.78, 5) is 11.9. The van der Waals surface area contributed by atoms with Gasteiger partial charge in [0.2, 0.25) is 0 Å². The first kappa shape index (κ1) is 22.4. The van der Waals surface area contributed by atoms with Gasteiger partial charge in [0.15, 0.2) is 6.61 Å². The minimum Gasteiger partial charge on any atom is -0.482 e. The van der Waals surface area contributed by atoms with E-state index < -0.39 is 10.0 Å². The monoisotopic (exact) mass is 452 g/mol. The van der Waals surface area contributed by atoms with Crippen molar-refractivity contribution in [2.45, 2.75) is 24.7 Å². The summed E-state index contributed by atoms with van der Waals surface area (Å²) in [6, 6.07) is 11.7. The van der Waals surface area contributed by atoms with E-state index in [-0.39, 0.29) is 28.2 Å². The first-order valence-electron chi connectivity index (χ1n) is 9.81. The lowest BCUT2D eigenvalue weighted by molar-refractivity contribution is -0.123. The van der Waals surface area contributed by atoms with Crippen molar-refractivity contribution in [2.75, 3.05) is 37.2 Å². The maximum absolute atomic E-state index is 13.1. The van der Waals surface area contributed by atoms with E-state index in [1.807, 2.05) is 25.1 Å². The standard InChI is InChI=1S/C21H25ClN2O5S/c1-2-28-13-5-11-23-21(25)15-29-20-9-8-17(14-18(20)22)30(26,27)24-12-10-16-6-3-4-7-19(16)24/h3-4,6-9,14H,2,5,10-13,15H2,1H3,(H,23,25). The lowest BCUT2D eigenvalue weighted by Gasteiger charge is -2.20. The van der Waals surface area contributed by atoms with Crippen LogP contribution in [-0.4, -0.2) is 47.2 Å². The molecule has 9 heteroatoms. The molecule has 30 heavy (non-hydrogen) atoms. The summed E-state index contributed by atoms with van der Waals surface area (Å²) < 4.78 is 38.2. The van der Waals surface area contributed by atoms with Crippen molar-refractivity contribution in [3.05, 3.63) is 53.1 Å². The molecule has 3 rings (SSSR count). The van der Waals surface area contributed by atoms with Crippen LogP contribution in [0.3, 0.4) is 0 Å². The fraction of sp³-hybridized carbons (Fsp3) is 0.381. The van der Waals surface area contributed by atoms with Crippen LogP contribution in [0.5, 0.6) is 5.75 Å². The summed E-state index contributed by atoms with van der Waals surface area (Å²) in [7, 11) is -3.74. The van der Waals surface area contributed by atoms with Gasteiger partial charge >= 0.3 is 0 Å². The number of sulfonamides is 1. The first-order valence-corrected chi connectivity index (χ1v) is 11.6. The highest BCUT2D eigenvalue weighted by Crippen LogP contribution is 2.34. The molecule has 0 aromatic heterocycles. The van der Waals surface area contributed by atoms with Crippen molar-refractivity contribution < 1.29 is 22.7 Å². The van der Waals surface area contributed by atoms with E-state index in [9.17, 15) is 13.2 Å². The number of ether oxygens (including phenoxy) is 2. The Morgan fingerprint density at radius 2 is 2.03 bits per heavy atom. The molecule has 1 amide bonds. The Balaban J connectivity index is 1.61. The molecule has 1 N–H and O–H groups in total. The highest BCUT2D eigenvalue weighted by molar-refractivity contribution is 7.92. The summed E-state index contributed by atoms with van der Waals surface area (Å²) >= 11 is 6.23. The first-order chi connectivity index (χ1) is 14.4. The van der Waals surface area contributed by atoms with Crippen LogP contribution >= 0.6 is 11.6 Å². The van der Waals surface area contributed by atoms with Crippen molar-refractivity contribution >= 4 is 33.2 Å². The minimum absolute atomic E-state index is 0.0805. The molecule has 2 aromatic carbocycles. The molecule has 2 aromatic rings. The van der Waals surface area contributed by atoms with Crippen LogP contribution < -0.4 is 14.4 Å². The third-order valence-corrected chi connectivity index (χ3v) is 6.79.